The van der Waals surface area contributed by atoms with E-state index in [4.69, 9.17) is 33.2 Å². The molecule has 0 N–H and O–H groups in total. The van der Waals surface area contributed by atoms with Crippen molar-refractivity contribution in [2.45, 2.75) is 83.3 Å². The van der Waals surface area contributed by atoms with Gasteiger partial charge in [0.05, 0.1) is 6.61 Å². The van der Waals surface area contributed by atoms with Crippen molar-refractivity contribution in [3.05, 3.63) is 0 Å². The first-order valence-electron chi connectivity index (χ1n) is 8.38. The molecule has 2 rings (SSSR count). The Hall–Kier alpha value is -0.770. The zero-order chi connectivity index (χ0) is 19.0. The van der Waals surface area contributed by atoms with Gasteiger partial charge in [-0.3, -0.25) is 0 Å². The number of esters is 1. The first-order chi connectivity index (χ1) is 11.4. The summed E-state index contributed by atoms with van der Waals surface area (Å²) in [6.45, 7) is 10.7. The van der Waals surface area contributed by atoms with Gasteiger partial charge >= 0.3 is 5.97 Å². The van der Waals surface area contributed by atoms with Gasteiger partial charge in [-0.15, -0.1) is 0 Å². The number of carbonyl (C=O) groups is 1. The largest absolute Gasteiger partial charge is 0.455 e. The molecule has 8 nitrogen and oxygen atoms in total. The summed E-state index contributed by atoms with van der Waals surface area (Å²) < 4.78 is 39.7. The number of rotatable bonds is 6. The monoisotopic (exact) mass is 362 g/mol. The minimum Gasteiger partial charge on any atom is -0.455 e. The fourth-order valence-electron chi connectivity index (χ4n) is 2.69. The molecular weight excluding hydrogens is 332 g/mol. The lowest BCUT2D eigenvalue weighted by Gasteiger charge is -2.49. The fourth-order valence-corrected chi connectivity index (χ4v) is 2.69. The summed E-state index contributed by atoms with van der Waals surface area (Å²) in [5.41, 5.74) is 0. The Balaban J connectivity index is 2.33. The van der Waals surface area contributed by atoms with Crippen LogP contribution in [0.2, 0.25) is 0 Å². The molecule has 25 heavy (non-hydrogen) atoms. The molecule has 8 heteroatoms. The van der Waals surface area contributed by atoms with Gasteiger partial charge in [0.25, 0.3) is 0 Å². The van der Waals surface area contributed by atoms with Crippen molar-refractivity contribution in [2.24, 2.45) is 0 Å². The van der Waals surface area contributed by atoms with Gasteiger partial charge in [-0.05, 0) is 41.5 Å². The van der Waals surface area contributed by atoms with Crippen LogP contribution in [0.5, 0.6) is 0 Å². The van der Waals surface area contributed by atoms with Crippen LogP contribution in [-0.4, -0.2) is 68.6 Å². The zero-order valence-corrected chi connectivity index (χ0v) is 16.3. The second kappa shape index (κ2) is 7.09. The number of methoxy groups -OCH3 is 2. The molecule has 146 valence electrons. The summed E-state index contributed by atoms with van der Waals surface area (Å²) in [4.78, 5) is 12.6. The average Bonchev–Trinajstić information content (AvgIpc) is 2.51. The molecule has 0 amide bonds. The topological polar surface area (TPSA) is 81.7 Å². The zero-order valence-electron chi connectivity index (χ0n) is 16.3. The van der Waals surface area contributed by atoms with E-state index in [0.29, 0.717) is 0 Å². The molecule has 2 fully saturated rings. The maximum Gasteiger partial charge on any atom is 0.338 e. The third-order valence-electron chi connectivity index (χ3n) is 4.32. The lowest BCUT2D eigenvalue weighted by molar-refractivity contribution is -0.371. The molecule has 2 aliphatic rings. The van der Waals surface area contributed by atoms with Gasteiger partial charge in [0, 0.05) is 14.2 Å². The summed E-state index contributed by atoms with van der Waals surface area (Å²) in [6.07, 6.45) is -2.92. The van der Waals surface area contributed by atoms with E-state index in [1.807, 2.05) is 0 Å². The molecule has 4 atom stereocenters. The lowest BCUT2D eigenvalue weighted by atomic mass is 9.97. The van der Waals surface area contributed by atoms with E-state index in [1.54, 1.807) is 41.5 Å². The highest BCUT2D eigenvalue weighted by Gasteiger charge is 2.55. The predicted molar refractivity (Wildman–Crippen MR) is 86.7 cm³/mol. The van der Waals surface area contributed by atoms with Crippen molar-refractivity contribution in [1.29, 1.82) is 0 Å². The Morgan fingerprint density at radius 2 is 1.60 bits per heavy atom. The Morgan fingerprint density at radius 1 is 1.04 bits per heavy atom. The lowest BCUT2D eigenvalue weighted by Crippen LogP contribution is -2.66. The van der Waals surface area contributed by atoms with Gasteiger partial charge in [-0.2, -0.15) is 0 Å². The van der Waals surface area contributed by atoms with E-state index < -0.39 is 47.7 Å². The summed E-state index contributed by atoms with van der Waals surface area (Å²) in [6, 6.07) is 0. The normalized spacial score (nSPS) is 32.9. The number of hydrogen-bond acceptors (Lipinski definition) is 8. The molecule has 0 aliphatic carbocycles. The van der Waals surface area contributed by atoms with E-state index in [-0.39, 0.29) is 6.61 Å². The van der Waals surface area contributed by atoms with Crippen molar-refractivity contribution in [3.63, 3.8) is 0 Å². The number of carbonyl (C=O) groups excluding carboxylic acids is 1. The van der Waals surface area contributed by atoms with E-state index in [1.165, 1.54) is 14.2 Å². The Bertz CT molecular complexity index is 487. The van der Waals surface area contributed by atoms with Crippen LogP contribution in [0.25, 0.3) is 0 Å². The second-order valence-electron chi connectivity index (χ2n) is 7.60. The molecule has 2 saturated heterocycles. The molecular formula is C17H30O8. The summed E-state index contributed by atoms with van der Waals surface area (Å²) >= 11 is 0. The van der Waals surface area contributed by atoms with Crippen LogP contribution in [0.4, 0.5) is 0 Å². The molecule has 0 aromatic heterocycles. The molecule has 2 heterocycles. The Morgan fingerprint density at radius 3 is 2.16 bits per heavy atom. The Kier molecular flexibility index (Phi) is 5.83. The van der Waals surface area contributed by atoms with Crippen molar-refractivity contribution < 1.29 is 38.0 Å². The highest BCUT2D eigenvalue weighted by Crippen LogP contribution is 2.36. The van der Waals surface area contributed by atoms with Crippen LogP contribution < -0.4 is 0 Å². The van der Waals surface area contributed by atoms with Crippen molar-refractivity contribution in [3.8, 4) is 0 Å². The summed E-state index contributed by atoms with van der Waals surface area (Å²) in [7, 11) is 3.03. The average molecular weight is 362 g/mol. The second-order valence-corrected chi connectivity index (χ2v) is 7.60. The first-order valence-corrected chi connectivity index (χ1v) is 8.38. The van der Waals surface area contributed by atoms with E-state index in [2.05, 4.69) is 0 Å². The molecule has 2 aliphatic heterocycles. The van der Waals surface area contributed by atoms with Crippen LogP contribution in [0, 0.1) is 0 Å². The fraction of sp³-hybridized carbons (Fsp3) is 0.941. The van der Waals surface area contributed by atoms with E-state index >= 15 is 0 Å². The minimum absolute atomic E-state index is 0.219. The molecule has 0 unspecified atom stereocenters. The third kappa shape index (κ3) is 4.90. The molecule has 0 aromatic carbocycles. The molecule has 0 spiro atoms. The van der Waals surface area contributed by atoms with Gasteiger partial charge in [-0.1, -0.05) is 0 Å². The van der Waals surface area contributed by atoms with Gasteiger partial charge in [0.2, 0.25) is 0 Å². The SMILES string of the molecule is COC(C)(C)O[C@H]1[C@@H]2OC(C)(C)OC[C@H]2OC(=O)[C@@H]1OC(C)(C)OC. The number of ether oxygens (including phenoxy) is 7. The maximum absolute atomic E-state index is 12.6. The van der Waals surface area contributed by atoms with Crippen LogP contribution in [0.15, 0.2) is 0 Å². The molecule has 0 radical (unpaired) electrons. The Labute approximate surface area is 149 Å². The quantitative estimate of drug-likeness (QED) is 0.521. The molecule has 0 saturated carbocycles. The summed E-state index contributed by atoms with van der Waals surface area (Å²) in [5, 5.41) is 0. The van der Waals surface area contributed by atoms with Crippen molar-refractivity contribution in [1.82, 2.24) is 0 Å². The highest BCUT2D eigenvalue weighted by atomic mass is 16.8. The highest BCUT2D eigenvalue weighted by molar-refractivity contribution is 5.77. The third-order valence-corrected chi connectivity index (χ3v) is 4.32. The van der Waals surface area contributed by atoms with Crippen molar-refractivity contribution in [2.75, 3.05) is 20.8 Å². The van der Waals surface area contributed by atoms with Crippen LogP contribution in [0.3, 0.4) is 0 Å². The smallest absolute Gasteiger partial charge is 0.338 e. The van der Waals surface area contributed by atoms with Gasteiger partial charge in [-0.25, -0.2) is 4.79 Å². The standard InChI is InChI=1S/C17H30O8/c1-15(2,19-7)24-12-11-10(9-21-17(5,6)23-11)22-14(18)13(12)25-16(3,4)20-8/h10-13H,9H2,1-8H3/t10-,11-,12+,13-/m1/s1. The molecule has 0 bridgehead atoms. The van der Waals surface area contributed by atoms with Crippen molar-refractivity contribution >= 4 is 5.97 Å². The van der Waals surface area contributed by atoms with Gasteiger partial charge < -0.3 is 33.2 Å². The van der Waals surface area contributed by atoms with Gasteiger partial charge in [0.1, 0.15) is 12.2 Å². The van der Waals surface area contributed by atoms with Gasteiger partial charge in [0.15, 0.2) is 29.6 Å². The predicted octanol–water partition coefficient (Wildman–Crippen LogP) is 1.60. The number of fused-ring (bicyclic) bond motifs is 1. The summed E-state index contributed by atoms with van der Waals surface area (Å²) in [5.74, 6) is -3.33. The first kappa shape index (κ1) is 20.5. The van der Waals surface area contributed by atoms with Crippen LogP contribution >= 0.6 is 0 Å². The van der Waals surface area contributed by atoms with Crippen LogP contribution in [0.1, 0.15) is 41.5 Å². The number of hydrogen-bond donors (Lipinski definition) is 0. The van der Waals surface area contributed by atoms with Crippen LogP contribution in [-0.2, 0) is 38.0 Å². The minimum atomic E-state index is -1.03. The maximum atomic E-state index is 12.6. The van der Waals surface area contributed by atoms with E-state index in [9.17, 15) is 4.79 Å². The molecule has 0 aromatic rings. The van der Waals surface area contributed by atoms with E-state index in [0.717, 1.165) is 0 Å².